The second kappa shape index (κ2) is 8.93. The van der Waals surface area contributed by atoms with E-state index in [0.29, 0.717) is 19.6 Å². The van der Waals surface area contributed by atoms with Gasteiger partial charge in [-0.25, -0.2) is 19.0 Å². The predicted octanol–water partition coefficient (Wildman–Crippen LogP) is 2.28. The molecule has 1 N–H and O–H groups in total. The van der Waals surface area contributed by atoms with Crippen LogP contribution in [0.25, 0.3) is 11.0 Å². The SMILES string of the molecule is CCOC(=O)c1c[nH]c2nc(N3CCN(C(=O)OCC)CC3I)c(F)cc2c1=O. The molecule has 3 heterocycles. The van der Waals surface area contributed by atoms with Gasteiger partial charge in [0.2, 0.25) is 5.43 Å². The first-order valence-corrected chi connectivity index (χ1v) is 10.3. The minimum absolute atomic E-state index is 0.0352. The number of rotatable bonds is 4. The molecule has 1 fully saturated rings. The molecule has 1 amide bonds. The maximum absolute atomic E-state index is 14.8. The van der Waals surface area contributed by atoms with Crippen LogP contribution in [0.4, 0.5) is 15.0 Å². The van der Waals surface area contributed by atoms with E-state index >= 15 is 0 Å². The van der Waals surface area contributed by atoms with Crippen molar-refractivity contribution in [2.75, 3.05) is 37.7 Å². The van der Waals surface area contributed by atoms with Crippen molar-refractivity contribution in [1.82, 2.24) is 14.9 Å². The highest BCUT2D eigenvalue weighted by atomic mass is 127. The lowest BCUT2D eigenvalue weighted by Gasteiger charge is -2.38. The van der Waals surface area contributed by atoms with Crippen molar-refractivity contribution in [2.45, 2.75) is 17.9 Å². The fraction of sp³-hybridized carbons (Fsp3) is 0.444. The van der Waals surface area contributed by atoms with E-state index in [1.54, 1.807) is 23.6 Å². The molecule has 0 saturated carbocycles. The predicted molar refractivity (Wildman–Crippen MR) is 112 cm³/mol. The van der Waals surface area contributed by atoms with Crippen LogP contribution in [-0.2, 0) is 9.47 Å². The van der Waals surface area contributed by atoms with E-state index in [-0.39, 0.29) is 39.7 Å². The number of halogens is 2. The number of anilines is 1. The first-order valence-electron chi connectivity index (χ1n) is 9.08. The number of ether oxygens (including phenoxy) is 2. The zero-order chi connectivity index (χ0) is 21.1. The maximum atomic E-state index is 14.8. The van der Waals surface area contributed by atoms with Gasteiger partial charge in [0, 0.05) is 19.3 Å². The largest absolute Gasteiger partial charge is 0.462 e. The molecule has 0 radical (unpaired) electrons. The van der Waals surface area contributed by atoms with E-state index < -0.39 is 23.3 Å². The number of aromatic amines is 1. The maximum Gasteiger partial charge on any atom is 0.409 e. The van der Waals surface area contributed by atoms with Gasteiger partial charge in [-0.15, -0.1) is 0 Å². The molecular formula is C18H20FIN4O5. The molecule has 2 aromatic heterocycles. The molecule has 1 saturated heterocycles. The Hall–Kier alpha value is -2.44. The molecule has 1 aliphatic rings. The van der Waals surface area contributed by atoms with Gasteiger partial charge in [0.1, 0.15) is 15.3 Å². The van der Waals surface area contributed by atoms with Crippen molar-refractivity contribution < 1.29 is 23.5 Å². The molecule has 156 valence electrons. The average Bonchev–Trinajstić information content (AvgIpc) is 2.69. The van der Waals surface area contributed by atoms with Crippen LogP contribution >= 0.6 is 22.6 Å². The number of hydrogen-bond donors (Lipinski definition) is 1. The van der Waals surface area contributed by atoms with Crippen LogP contribution in [0.5, 0.6) is 0 Å². The number of fused-ring (bicyclic) bond motifs is 1. The number of pyridine rings is 2. The van der Waals surface area contributed by atoms with Crippen molar-refractivity contribution in [3.8, 4) is 0 Å². The summed E-state index contributed by atoms with van der Waals surface area (Å²) in [6.07, 6.45) is 0.814. The van der Waals surface area contributed by atoms with E-state index in [2.05, 4.69) is 32.6 Å². The normalized spacial score (nSPS) is 16.8. The van der Waals surface area contributed by atoms with Crippen LogP contribution in [-0.4, -0.2) is 63.8 Å². The molecule has 0 aromatic carbocycles. The van der Waals surface area contributed by atoms with Gasteiger partial charge in [0.15, 0.2) is 11.6 Å². The molecule has 0 spiro atoms. The number of H-pyrrole nitrogens is 1. The summed E-state index contributed by atoms with van der Waals surface area (Å²) >= 11 is 2.11. The Kier molecular flexibility index (Phi) is 6.55. The molecule has 0 bridgehead atoms. The van der Waals surface area contributed by atoms with Gasteiger partial charge in [-0.3, -0.25) is 4.79 Å². The van der Waals surface area contributed by atoms with Crippen molar-refractivity contribution >= 4 is 51.5 Å². The number of nitrogens with one attached hydrogen (secondary N) is 1. The molecule has 29 heavy (non-hydrogen) atoms. The topological polar surface area (TPSA) is 105 Å². The van der Waals surface area contributed by atoms with Crippen LogP contribution in [0.2, 0.25) is 0 Å². The molecule has 1 atom stereocenters. The van der Waals surface area contributed by atoms with Gasteiger partial charge in [0.05, 0.1) is 25.1 Å². The molecular weight excluding hydrogens is 498 g/mol. The Morgan fingerprint density at radius 3 is 2.69 bits per heavy atom. The summed E-state index contributed by atoms with van der Waals surface area (Å²) < 4.78 is 24.4. The van der Waals surface area contributed by atoms with Crippen LogP contribution in [0.15, 0.2) is 17.1 Å². The van der Waals surface area contributed by atoms with E-state index in [4.69, 9.17) is 9.47 Å². The lowest BCUT2D eigenvalue weighted by molar-refractivity contribution is 0.0524. The highest BCUT2D eigenvalue weighted by Crippen LogP contribution is 2.27. The van der Waals surface area contributed by atoms with E-state index in [1.165, 1.54) is 6.20 Å². The average molecular weight is 518 g/mol. The monoisotopic (exact) mass is 518 g/mol. The van der Waals surface area contributed by atoms with Gasteiger partial charge in [-0.1, -0.05) is 22.6 Å². The van der Waals surface area contributed by atoms with E-state index in [1.807, 2.05) is 0 Å². The van der Waals surface area contributed by atoms with Crippen LogP contribution in [0, 0.1) is 5.82 Å². The number of esters is 1. The van der Waals surface area contributed by atoms with Crippen molar-refractivity contribution in [2.24, 2.45) is 0 Å². The highest BCUT2D eigenvalue weighted by molar-refractivity contribution is 14.1. The van der Waals surface area contributed by atoms with Gasteiger partial charge in [-0.05, 0) is 19.9 Å². The van der Waals surface area contributed by atoms with Crippen LogP contribution in [0.3, 0.4) is 0 Å². The van der Waals surface area contributed by atoms with Crippen LogP contribution < -0.4 is 10.3 Å². The van der Waals surface area contributed by atoms with Crippen molar-refractivity contribution in [3.63, 3.8) is 0 Å². The number of carbonyl (C=O) groups is 2. The van der Waals surface area contributed by atoms with E-state index in [9.17, 15) is 18.8 Å². The molecule has 3 rings (SSSR count). The number of amides is 1. The molecule has 2 aromatic rings. The summed E-state index contributed by atoms with van der Waals surface area (Å²) in [5.74, 6) is -1.39. The quantitative estimate of drug-likeness (QED) is 0.287. The summed E-state index contributed by atoms with van der Waals surface area (Å²) in [4.78, 5) is 46.6. The number of nitrogens with zero attached hydrogens (tertiary/aromatic N) is 3. The van der Waals surface area contributed by atoms with Gasteiger partial charge < -0.3 is 24.3 Å². The smallest absolute Gasteiger partial charge is 0.409 e. The number of carbonyl (C=O) groups excluding carboxylic acids is 2. The third-order valence-corrected chi connectivity index (χ3v) is 5.48. The fourth-order valence-electron chi connectivity index (χ4n) is 3.03. The Labute approximate surface area is 179 Å². The molecule has 1 unspecified atom stereocenters. The van der Waals surface area contributed by atoms with Crippen LogP contribution in [0.1, 0.15) is 24.2 Å². The summed E-state index contributed by atoms with van der Waals surface area (Å²) in [7, 11) is 0. The van der Waals surface area contributed by atoms with Gasteiger partial charge >= 0.3 is 12.1 Å². The summed E-state index contributed by atoms with van der Waals surface area (Å²) in [6, 6.07) is 1.07. The minimum Gasteiger partial charge on any atom is -0.462 e. The summed E-state index contributed by atoms with van der Waals surface area (Å²) in [5, 5.41) is -0.0352. The van der Waals surface area contributed by atoms with Gasteiger partial charge in [0.25, 0.3) is 0 Å². The summed E-state index contributed by atoms with van der Waals surface area (Å²) in [5.41, 5.74) is -0.688. The second-order valence-corrected chi connectivity index (χ2v) is 7.65. The first kappa shape index (κ1) is 21.3. The Balaban J connectivity index is 1.90. The van der Waals surface area contributed by atoms with Crippen molar-refractivity contribution in [3.05, 3.63) is 33.9 Å². The molecule has 0 aliphatic carbocycles. The minimum atomic E-state index is -0.775. The number of alkyl halides is 1. The molecule has 9 nitrogen and oxygen atoms in total. The zero-order valence-corrected chi connectivity index (χ0v) is 18.1. The number of hydrogen-bond acceptors (Lipinski definition) is 7. The second-order valence-electron chi connectivity index (χ2n) is 6.21. The standard InChI is InChI=1S/C18H20FIN4O5/c1-3-28-17(26)11-8-21-15-10(14(11)25)7-12(19)16(22-15)24-6-5-23(9-13(24)20)18(27)29-4-2/h7-8,13H,3-6,9H2,1-2H3,(H,21,22,25). The third kappa shape index (κ3) is 4.28. The Morgan fingerprint density at radius 2 is 2.03 bits per heavy atom. The van der Waals surface area contributed by atoms with Crippen molar-refractivity contribution in [1.29, 1.82) is 0 Å². The zero-order valence-electron chi connectivity index (χ0n) is 15.9. The molecule has 1 aliphatic heterocycles. The number of piperazine rings is 1. The Bertz CT molecular complexity index is 998. The number of aromatic nitrogens is 2. The lowest BCUT2D eigenvalue weighted by atomic mass is 10.2. The van der Waals surface area contributed by atoms with Gasteiger partial charge in [-0.2, -0.15) is 0 Å². The fourth-order valence-corrected chi connectivity index (χ4v) is 4.05. The first-order chi connectivity index (χ1) is 13.9. The summed E-state index contributed by atoms with van der Waals surface area (Å²) in [6.45, 7) is 4.82. The van der Waals surface area contributed by atoms with E-state index in [0.717, 1.165) is 6.07 Å². The third-order valence-electron chi connectivity index (χ3n) is 4.41. The molecule has 11 heteroatoms. The highest BCUT2D eigenvalue weighted by Gasteiger charge is 2.31. The Morgan fingerprint density at radius 1 is 1.31 bits per heavy atom. The lowest BCUT2D eigenvalue weighted by Crippen LogP contribution is -2.53.